The van der Waals surface area contributed by atoms with Crippen molar-refractivity contribution in [2.45, 2.75) is 44.9 Å². The number of nitrogens with zero attached hydrogens (tertiary/aromatic N) is 2. The molecular formula is C12H15N3OS2. The Bertz CT molecular complexity index is 628. The third-order valence-electron chi connectivity index (χ3n) is 2.91. The van der Waals surface area contributed by atoms with E-state index >= 15 is 0 Å². The number of hydrogen-bond acceptors (Lipinski definition) is 5. The Balaban J connectivity index is 2.14. The van der Waals surface area contributed by atoms with Crippen molar-refractivity contribution in [2.75, 3.05) is 0 Å². The summed E-state index contributed by atoms with van der Waals surface area (Å²) in [7, 11) is 0. The van der Waals surface area contributed by atoms with Crippen LogP contribution < -0.4 is 0 Å². The van der Waals surface area contributed by atoms with Gasteiger partial charge >= 0.3 is 0 Å². The van der Waals surface area contributed by atoms with Crippen LogP contribution in [0.15, 0.2) is 4.42 Å². The van der Waals surface area contributed by atoms with E-state index in [4.69, 9.17) is 21.6 Å². The molecule has 0 radical (unpaired) electrons. The first-order valence-electron chi connectivity index (χ1n) is 6.02. The summed E-state index contributed by atoms with van der Waals surface area (Å²) < 4.78 is 5.44. The first-order chi connectivity index (χ1) is 8.45. The van der Waals surface area contributed by atoms with Crippen LogP contribution in [0.5, 0.6) is 0 Å². The minimum absolute atomic E-state index is 0.0188. The maximum absolute atomic E-state index is 5.44. The Morgan fingerprint density at radius 3 is 2.61 bits per heavy atom. The molecule has 96 valence electrons. The van der Waals surface area contributed by atoms with Gasteiger partial charge in [0, 0.05) is 11.3 Å². The molecule has 2 aromatic rings. The fraction of sp³-hybridized carbons (Fsp3) is 0.583. The highest BCUT2D eigenvalue weighted by molar-refractivity contribution is 7.71. The van der Waals surface area contributed by atoms with Crippen LogP contribution in [0, 0.1) is 4.84 Å². The van der Waals surface area contributed by atoms with Crippen molar-refractivity contribution in [2.24, 2.45) is 0 Å². The van der Waals surface area contributed by atoms with Crippen molar-refractivity contribution >= 4 is 23.6 Å². The molecule has 0 saturated heterocycles. The van der Waals surface area contributed by atoms with Gasteiger partial charge < -0.3 is 4.42 Å². The zero-order valence-electron chi connectivity index (χ0n) is 10.6. The molecule has 0 bridgehead atoms. The van der Waals surface area contributed by atoms with E-state index in [1.54, 1.807) is 11.3 Å². The van der Waals surface area contributed by atoms with Crippen molar-refractivity contribution in [3.63, 3.8) is 0 Å². The summed E-state index contributed by atoms with van der Waals surface area (Å²) in [5, 5.41) is 8.01. The fourth-order valence-corrected chi connectivity index (χ4v) is 3.32. The molecule has 2 heterocycles. The Labute approximate surface area is 114 Å². The molecule has 1 fully saturated rings. The quantitative estimate of drug-likeness (QED) is 0.844. The highest BCUT2D eigenvalue weighted by atomic mass is 32.1. The Hall–Kier alpha value is -1.01. The summed E-state index contributed by atoms with van der Waals surface area (Å²) >= 11 is 6.63. The second kappa shape index (κ2) is 3.99. The van der Waals surface area contributed by atoms with Crippen LogP contribution in [0.4, 0.5) is 0 Å². The lowest BCUT2D eigenvalue weighted by Gasteiger charge is -2.16. The van der Waals surface area contributed by atoms with Crippen molar-refractivity contribution < 1.29 is 4.42 Å². The van der Waals surface area contributed by atoms with Crippen molar-refractivity contribution in [1.82, 2.24) is 15.2 Å². The number of rotatable bonds is 2. The molecule has 1 N–H and O–H groups in total. The molecule has 1 aliphatic rings. The minimum Gasteiger partial charge on any atom is -0.408 e. The average molecular weight is 281 g/mol. The summed E-state index contributed by atoms with van der Waals surface area (Å²) in [5.41, 5.74) is 1.04. The lowest BCUT2D eigenvalue weighted by Crippen LogP contribution is -2.13. The second-order valence-electron chi connectivity index (χ2n) is 5.67. The predicted octanol–water partition coefficient (Wildman–Crippen LogP) is 4.03. The summed E-state index contributed by atoms with van der Waals surface area (Å²) in [6.45, 7) is 6.47. The maximum Gasteiger partial charge on any atom is 0.284 e. The van der Waals surface area contributed by atoms with E-state index in [2.05, 4.69) is 31.0 Å². The molecule has 0 aromatic carbocycles. The van der Waals surface area contributed by atoms with Crippen LogP contribution in [0.25, 0.3) is 10.8 Å². The van der Waals surface area contributed by atoms with Crippen LogP contribution in [0.1, 0.15) is 50.2 Å². The Morgan fingerprint density at radius 2 is 2.11 bits per heavy atom. The van der Waals surface area contributed by atoms with Crippen molar-refractivity contribution in [3.8, 4) is 10.8 Å². The largest absolute Gasteiger partial charge is 0.408 e. The normalized spacial score (nSPS) is 16.2. The van der Waals surface area contributed by atoms with E-state index in [9.17, 15) is 0 Å². The van der Waals surface area contributed by atoms with Gasteiger partial charge in [0.15, 0.2) is 0 Å². The van der Waals surface area contributed by atoms with Crippen LogP contribution in [-0.2, 0) is 5.41 Å². The van der Waals surface area contributed by atoms with E-state index in [-0.39, 0.29) is 5.41 Å². The zero-order chi connectivity index (χ0) is 12.9. The van der Waals surface area contributed by atoms with Gasteiger partial charge in [0.1, 0.15) is 4.88 Å². The van der Waals surface area contributed by atoms with E-state index in [1.165, 1.54) is 17.8 Å². The first kappa shape index (κ1) is 12.0. The van der Waals surface area contributed by atoms with Crippen LogP contribution in [0.3, 0.4) is 0 Å². The first-order valence-corrected chi connectivity index (χ1v) is 7.24. The number of hydrogen-bond donors (Lipinski definition) is 1. The summed E-state index contributed by atoms with van der Waals surface area (Å²) in [4.78, 5) is 6.12. The highest BCUT2D eigenvalue weighted by Crippen LogP contribution is 2.46. The number of aromatic amines is 1. The van der Waals surface area contributed by atoms with Crippen LogP contribution in [-0.4, -0.2) is 15.2 Å². The molecule has 0 spiro atoms. The van der Waals surface area contributed by atoms with Crippen LogP contribution >= 0.6 is 23.6 Å². The van der Waals surface area contributed by atoms with Gasteiger partial charge in [-0.05, 0) is 25.1 Å². The molecule has 0 aliphatic heterocycles. The zero-order valence-corrected chi connectivity index (χ0v) is 12.2. The SMILES string of the molecule is CC(C)(C)c1nc(C2CC2)sc1-c1n[nH]c(=S)o1. The summed E-state index contributed by atoms with van der Waals surface area (Å²) in [5.74, 6) is 1.21. The monoisotopic (exact) mass is 281 g/mol. The van der Waals surface area contributed by atoms with Crippen molar-refractivity contribution in [3.05, 3.63) is 15.5 Å². The topological polar surface area (TPSA) is 54.7 Å². The van der Waals surface area contributed by atoms with E-state index in [0.717, 1.165) is 10.6 Å². The van der Waals surface area contributed by atoms with Gasteiger partial charge in [0.2, 0.25) is 0 Å². The van der Waals surface area contributed by atoms with Gasteiger partial charge in [-0.25, -0.2) is 10.1 Å². The molecule has 1 saturated carbocycles. The molecule has 1 aliphatic carbocycles. The molecule has 0 amide bonds. The minimum atomic E-state index is -0.0188. The highest BCUT2D eigenvalue weighted by Gasteiger charge is 2.32. The standard InChI is InChI=1S/C12H15N3OS2/c1-12(2,3)8-7(9-14-15-11(17)16-9)18-10(13-8)6-4-5-6/h6H,4-5H2,1-3H3,(H,15,17). The number of H-pyrrole nitrogens is 1. The van der Waals surface area contributed by atoms with E-state index in [0.29, 0.717) is 16.6 Å². The van der Waals surface area contributed by atoms with Crippen LogP contribution in [0.2, 0.25) is 0 Å². The predicted molar refractivity (Wildman–Crippen MR) is 73.5 cm³/mol. The van der Waals surface area contributed by atoms with Gasteiger partial charge in [-0.15, -0.1) is 16.4 Å². The number of nitrogens with one attached hydrogen (secondary N) is 1. The van der Waals surface area contributed by atoms with E-state index in [1.807, 2.05) is 0 Å². The fourth-order valence-electron chi connectivity index (χ4n) is 1.82. The Kier molecular flexibility index (Phi) is 2.67. The summed E-state index contributed by atoms with van der Waals surface area (Å²) in [6.07, 6.45) is 2.50. The number of aromatic nitrogens is 3. The third kappa shape index (κ3) is 2.14. The van der Waals surface area contributed by atoms with Crippen molar-refractivity contribution in [1.29, 1.82) is 0 Å². The van der Waals surface area contributed by atoms with E-state index < -0.39 is 0 Å². The number of thiazole rings is 1. The summed E-state index contributed by atoms with van der Waals surface area (Å²) in [6, 6.07) is 0. The molecule has 4 nitrogen and oxygen atoms in total. The van der Waals surface area contributed by atoms with Gasteiger partial charge in [-0.2, -0.15) is 0 Å². The maximum atomic E-state index is 5.44. The van der Waals surface area contributed by atoms with Gasteiger partial charge in [-0.1, -0.05) is 20.8 Å². The molecular weight excluding hydrogens is 266 g/mol. The van der Waals surface area contributed by atoms with Gasteiger partial charge in [0.25, 0.3) is 10.7 Å². The lowest BCUT2D eigenvalue weighted by atomic mass is 9.91. The molecule has 3 rings (SSSR count). The molecule has 0 unspecified atom stereocenters. The Morgan fingerprint density at radius 1 is 1.39 bits per heavy atom. The van der Waals surface area contributed by atoms with Gasteiger partial charge in [0.05, 0.1) is 10.7 Å². The average Bonchev–Trinajstić information content (AvgIpc) is 2.87. The molecule has 2 aromatic heterocycles. The lowest BCUT2D eigenvalue weighted by molar-refractivity contribution is 0.541. The molecule has 0 atom stereocenters. The third-order valence-corrected chi connectivity index (χ3v) is 4.29. The second-order valence-corrected chi connectivity index (χ2v) is 7.07. The molecule has 18 heavy (non-hydrogen) atoms. The smallest absolute Gasteiger partial charge is 0.284 e. The molecule has 6 heteroatoms. The van der Waals surface area contributed by atoms with Gasteiger partial charge in [-0.3, -0.25) is 0 Å².